The van der Waals surface area contributed by atoms with Gasteiger partial charge in [-0.1, -0.05) is 47.2 Å². The Balaban J connectivity index is 1.88. The van der Waals surface area contributed by atoms with Crippen LogP contribution >= 0.6 is 11.8 Å². The summed E-state index contributed by atoms with van der Waals surface area (Å²) in [6.07, 6.45) is 1.27. The van der Waals surface area contributed by atoms with Gasteiger partial charge in [-0.25, -0.2) is 8.78 Å². The van der Waals surface area contributed by atoms with E-state index in [2.05, 4.69) is 15.3 Å². The first kappa shape index (κ1) is 19.5. The number of aromatic nitrogens is 2. The molecule has 1 aromatic heterocycles. The normalized spacial score (nSPS) is 18.9. The van der Waals surface area contributed by atoms with Crippen molar-refractivity contribution < 1.29 is 13.2 Å². The van der Waals surface area contributed by atoms with Gasteiger partial charge in [-0.05, 0) is 43.1 Å². The Hall–Kier alpha value is -2.78. The van der Waals surface area contributed by atoms with Gasteiger partial charge >= 0.3 is 6.01 Å². The van der Waals surface area contributed by atoms with E-state index in [1.165, 1.54) is 11.8 Å². The minimum atomic E-state index is -0.784. The van der Waals surface area contributed by atoms with E-state index in [0.717, 1.165) is 23.8 Å². The quantitative estimate of drug-likeness (QED) is 0.651. The van der Waals surface area contributed by atoms with Gasteiger partial charge in [0.25, 0.3) is 0 Å². The number of hydrogen-bond donors (Lipinski definition) is 1. The Morgan fingerprint density at radius 3 is 2.62 bits per heavy atom. The van der Waals surface area contributed by atoms with Gasteiger partial charge in [0.2, 0.25) is 5.89 Å². The largest absolute Gasteiger partial charge is 0.407 e. The molecule has 0 aliphatic carbocycles. The van der Waals surface area contributed by atoms with Crippen molar-refractivity contribution in [2.45, 2.75) is 24.6 Å². The van der Waals surface area contributed by atoms with Crippen molar-refractivity contribution in [2.24, 2.45) is 10.8 Å². The summed E-state index contributed by atoms with van der Waals surface area (Å²) in [7, 11) is 0. The van der Waals surface area contributed by atoms with E-state index in [4.69, 9.17) is 10.2 Å². The molecule has 0 amide bonds. The van der Waals surface area contributed by atoms with Crippen molar-refractivity contribution >= 4 is 22.8 Å². The molecule has 1 atom stereocenters. The average molecular weight is 415 g/mol. The molecule has 3 aromatic rings. The van der Waals surface area contributed by atoms with Crippen LogP contribution in [-0.2, 0) is 4.87 Å². The lowest BCUT2D eigenvalue weighted by molar-refractivity contribution is 0.449. The van der Waals surface area contributed by atoms with Crippen LogP contribution in [0.5, 0.6) is 0 Å². The summed E-state index contributed by atoms with van der Waals surface area (Å²) in [5, 5.41) is 14.5. The fourth-order valence-electron chi connectivity index (χ4n) is 3.26. The second kappa shape index (κ2) is 7.92. The van der Waals surface area contributed by atoms with Crippen molar-refractivity contribution in [1.82, 2.24) is 10.2 Å². The highest BCUT2D eigenvalue weighted by Crippen LogP contribution is 2.51. The highest BCUT2D eigenvalue weighted by atomic mass is 32.2. The maximum absolute atomic E-state index is 14.5. The lowest BCUT2D eigenvalue weighted by atomic mass is 10.0. The maximum atomic E-state index is 14.5. The van der Waals surface area contributed by atoms with Crippen LogP contribution in [0.25, 0.3) is 0 Å². The van der Waals surface area contributed by atoms with Crippen LogP contribution in [0.4, 0.5) is 14.8 Å². The minimum absolute atomic E-state index is 0.0850. The number of halogens is 2. The van der Waals surface area contributed by atoms with E-state index < -0.39 is 16.5 Å². The number of benzene rings is 2. The summed E-state index contributed by atoms with van der Waals surface area (Å²) >= 11 is 1.33. The number of nitrogens with two attached hydrogens (primary N) is 1. The van der Waals surface area contributed by atoms with Gasteiger partial charge in [0, 0.05) is 12.5 Å². The van der Waals surface area contributed by atoms with Crippen LogP contribution in [0.15, 0.2) is 58.0 Å². The molecule has 0 bridgehead atoms. The number of thioether (sulfide) groups is 1. The van der Waals surface area contributed by atoms with E-state index in [9.17, 15) is 8.78 Å². The third kappa shape index (κ3) is 3.63. The third-order valence-corrected chi connectivity index (χ3v) is 6.04. The lowest BCUT2D eigenvalue weighted by Gasteiger charge is -2.34. The second-order valence-electron chi connectivity index (χ2n) is 6.59. The van der Waals surface area contributed by atoms with Gasteiger partial charge in [0.1, 0.15) is 21.5 Å². The highest BCUT2D eigenvalue weighted by Gasteiger charge is 2.48. The van der Waals surface area contributed by atoms with Crippen LogP contribution < -0.4 is 10.7 Å². The van der Waals surface area contributed by atoms with Crippen LogP contribution in [-0.4, -0.2) is 21.8 Å². The first-order chi connectivity index (χ1) is 14.0. The zero-order chi connectivity index (χ0) is 20.4. The van der Waals surface area contributed by atoms with Crippen molar-refractivity contribution in [2.75, 3.05) is 11.6 Å². The third-order valence-electron chi connectivity index (χ3n) is 4.60. The molecule has 4 rings (SSSR count). The molecule has 0 saturated carbocycles. The van der Waals surface area contributed by atoms with Crippen molar-refractivity contribution in [1.29, 1.82) is 0 Å². The fraction of sp³-hybridized carbons (Fsp3) is 0.250. The molecule has 9 heteroatoms. The first-order valence-corrected chi connectivity index (χ1v) is 9.94. The predicted molar refractivity (Wildman–Crippen MR) is 108 cm³/mol. The van der Waals surface area contributed by atoms with Crippen molar-refractivity contribution in [3.05, 3.63) is 77.2 Å². The molecule has 0 radical (unpaired) electrons. The lowest BCUT2D eigenvalue weighted by Crippen LogP contribution is -2.38. The van der Waals surface area contributed by atoms with Gasteiger partial charge in [0.05, 0.1) is 0 Å². The fourth-order valence-corrected chi connectivity index (χ4v) is 4.67. The number of nitrogens with zero attached hydrogens (tertiary/aromatic N) is 4. The smallest absolute Gasteiger partial charge is 0.340 e. The van der Waals surface area contributed by atoms with Gasteiger partial charge in [-0.3, -0.25) is 0 Å². The number of hydrogen-bond acceptors (Lipinski definition) is 7. The number of aryl methyl sites for hydroxylation is 1. The van der Waals surface area contributed by atoms with Crippen LogP contribution in [0.2, 0.25) is 0 Å². The SMILES string of the molecule is Cc1nnc(N2N=C(c3cc(F)ccc3F)SC2(CCCN)c2ccccc2)o1. The molecular formula is C20H19F2N5OS. The molecule has 29 heavy (non-hydrogen) atoms. The Labute approximate surface area is 170 Å². The predicted octanol–water partition coefficient (Wildman–Crippen LogP) is 4.16. The number of hydrazone groups is 1. The van der Waals surface area contributed by atoms with Crippen molar-refractivity contribution in [3.8, 4) is 0 Å². The molecule has 2 heterocycles. The molecule has 2 N–H and O–H groups in total. The molecule has 0 saturated heterocycles. The molecule has 0 fully saturated rings. The summed E-state index contributed by atoms with van der Waals surface area (Å²) in [4.78, 5) is -0.784. The summed E-state index contributed by atoms with van der Waals surface area (Å²) in [6.45, 7) is 2.15. The Bertz CT molecular complexity index is 1040. The molecule has 1 aliphatic heterocycles. The summed E-state index contributed by atoms with van der Waals surface area (Å²) in [5.41, 5.74) is 6.80. The van der Waals surface area contributed by atoms with Crippen molar-refractivity contribution in [3.63, 3.8) is 0 Å². The number of anilines is 1. The minimum Gasteiger partial charge on any atom is -0.407 e. The Morgan fingerprint density at radius 2 is 1.93 bits per heavy atom. The second-order valence-corrected chi connectivity index (χ2v) is 7.86. The topological polar surface area (TPSA) is 80.5 Å². The van der Waals surface area contributed by atoms with E-state index in [0.29, 0.717) is 30.3 Å². The van der Waals surface area contributed by atoms with Crippen LogP contribution in [0.3, 0.4) is 0 Å². The van der Waals surface area contributed by atoms with E-state index in [-0.39, 0.29) is 11.6 Å². The van der Waals surface area contributed by atoms with Gasteiger partial charge in [-0.2, -0.15) is 10.1 Å². The standard InChI is InChI=1S/C20H19F2N5OS/c1-13-24-25-19(28-13)27-20(10-5-11-23,14-6-3-2-4-7-14)29-18(26-27)16-12-15(21)8-9-17(16)22/h2-4,6-9,12H,5,10-11,23H2,1H3. The van der Waals surface area contributed by atoms with Crippen LogP contribution in [0, 0.1) is 18.6 Å². The summed E-state index contributed by atoms with van der Waals surface area (Å²) in [5.74, 6) is -0.711. The average Bonchev–Trinajstić information content (AvgIpc) is 3.33. The molecule has 1 aliphatic rings. The zero-order valence-corrected chi connectivity index (χ0v) is 16.5. The van der Waals surface area contributed by atoms with E-state index in [1.54, 1.807) is 11.9 Å². The molecule has 150 valence electrons. The van der Waals surface area contributed by atoms with Gasteiger partial charge in [-0.15, -0.1) is 5.10 Å². The zero-order valence-electron chi connectivity index (χ0n) is 15.7. The van der Waals surface area contributed by atoms with E-state index in [1.807, 2.05) is 30.3 Å². The molecule has 6 nitrogen and oxygen atoms in total. The molecule has 0 spiro atoms. The Kier molecular flexibility index (Phi) is 5.33. The molecule has 2 aromatic carbocycles. The highest BCUT2D eigenvalue weighted by molar-refractivity contribution is 8.15. The van der Waals surface area contributed by atoms with Gasteiger partial charge < -0.3 is 10.2 Å². The summed E-state index contributed by atoms with van der Waals surface area (Å²) < 4.78 is 34.0. The first-order valence-electron chi connectivity index (χ1n) is 9.12. The number of rotatable bonds is 6. The Morgan fingerprint density at radius 1 is 1.14 bits per heavy atom. The maximum Gasteiger partial charge on any atom is 0.340 e. The summed E-state index contributed by atoms with van der Waals surface area (Å²) in [6, 6.07) is 13.2. The van der Waals surface area contributed by atoms with Gasteiger partial charge in [0.15, 0.2) is 0 Å². The van der Waals surface area contributed by atoms with E-state index >= 15 is 0 Å². The molecule has 1 unspecified atom stereocenters. The molecular weight excluding hydrogens is 396 g/mol. The monoisotopic (exact) mass is 415 g/mol. The van der Waals surface area contributed by atoms with Crippen LogP contribution in [0.1, 0.15) is 29.9 Å².